The van der Waals surface area contributed by atoms with Crippen LogP contribution in [-0.4, -0.2) is 6.04 Å². The van der Waals surface area contributed by atoms with E-state index in [2.05, 4.69) is 19.3 Å². The van der Waals surface area contributed by atoms with Gasteiger partial charge in [0.05, 0.1) is 5.02 Å². The van der Waals surface area contributed by atoms with Crippen LogP contribution in [0.25, 0.3) is 0 Å². The summed E-state index contributed by atoms with van der Waals surface area (Å²) in [6.45, 7) is 4.30. The van der Waals surface area contributed by atoms with Crippen LogP contribution in [0.15, 0.2) is 18.2 Å². The van der Waals surface area contributed by atoms with Gasteiger partial charge >= 0.3 is 0 Å². The van der Waals surface area contributed by atoms with Crippen LogP contribution in [0.1, 0.15) is 32.3 Å². The number of hydrazine groups is 1. The predicted octanol–water partition coefficient (Wildman–Crippen LogP) is 3.29. The molecular formula is C13H20ClFN2. The Kier molecular flexibility index (Phi) is 5.89. The first-order valence-electron chi connectivity index (χ1n) is 5.98. The highest BCUT2D eigenvalue weighted by molar-refractivity contribution is 6.30. The first kappa shape index (κ1) is 14.4. The molecule has 0 aliphatic rings. The molecule has 1 aromatic rings. The molecule has 2 unspecified atom stereocenters. The molecule has 0 saturated heterocycles. The highest BCUT2D eigenvalue weighted by Crippen LogP contribution is 2.19. The van der Waals surface area contributed by atoms with Gasteiger partial charge in [-0.25, -0.2) is 4.39 Å². The van der Waals surface area contributed by atoms with Crippen LogP contribution >= 0.6 is 11.6 Å². The zero-order chi connectivity index (χ0) is 12.8. The summed E-state index contributed by atoms with van der Waals surface area (Å²) in [6, 6.07) is 5.07. The van der Waals surface area contributed by atoms with Crippen molar-refractivity contribution in [2.24, 2.45) is 11.8 Å². The minimum atomic E-state index is -0.372. The molecule has 2 atom stereocenters. The number of nitrogens with two attached hydrogens (primary N) is 1. The molecule has 0 aliphatic heterocycles. The summed E-state index contributed by atoms with van der Waals surface area (Å²) in [5, 5.41) is 0.160. The van der Waals surface area contributed by atoms with Crippen LogP contribution in [0.4, 0.5) is 4.39 Å². The number of hydrogen-bond acceptors (Lipinski definition) is 2. The Labute approximate surface area is 107 Å². The van der Waals surface area contributed by atoms with Crippen molar-refractivity contribution < 1.29 is 4.39 Å². The van der Waals surface area contributed by atoms with Gasteiger partial charge in [0.15, 0.2) is 0 Å². The van der Waals surface area contributed by atoms with Gasteiger partial charge < -0.3 is 0 Å². The number of hydrogen-bond donors (Lipinski definition) is 2. The summed E-state index contributed by atoms with van der Waals surface area (Å²) >= 11 is 5.65. The van der Waals surface area contributed by atoms with Gasteiger partial charge in [-0.1, -0.05) is 37.9 Å². The molecule has 0 spiro atoms. The quantitative estimate of drug-likeness (QED) is 0.607. The van der Waals surface area contributed by atoms with Gasteiger partial charge in [-0.15, -0.1) is 0 Å². The molecule has 3 N–H and O–H groups in total. The molecule has 0 fully saturated rings. The molecule has 17 heavy (non-hydrogen) atoms. The van der Waals surface area contributed by atoms with Crippen molar-refractivity contribution in [2.45, 2.75) is 39.2 Å². The molecule has 0 saturated carbocycles. The van der Waals surface area contributed by atoms with Crippen molar-refractivity contribution in [3.05, 3.63) is 34.6 Å². The lowest BCUT2D eigenvalue weighted by Gasteiger charge is -2.23. The standard InChI is InChI=1S/C13H20ClFN2/c1-3-4-9(2)13(17-16)8-10-5-6-11(14)12(15)7-10/h5-7,9,13,17H,3-4,8,16H2,1-2H3. The van der Waals surface area contributed by atoms with Gasteiger partial charge in [0.25, 0.3) is 0 Å². The highest BCUT2D eigenvalue weighted by Gasteiger charge is 2.16. The SMILES string of the molecule is CCCC(C)C(Cc1ccc(Cl)c(F)c1)NN. The lowest BCUT2D eigenvalue weighted by atomic mass is 9.92. The van der Waals surface area contributed by atoms with Gasteiger partial charge in [0.2, 0.25) is 0 Å². The summed E-state index contributed by atoms with van der Waals surface area (Å²) in [7, 11) is 0. The van der Waals surface area contributed by atoms with E-state index in [1.807, 2.05) is 6.07 Å². The molecule has 4 heteroatoms. The fraction of sp³-hybridized carbons (Fsp3) is 0.538. The lowest BCUT2D eigenvalue weighted by Crippen LogP contribution is -2.41. The molecule has 96 valence electrons. The Bertz CT molecular complexity index is 357. The van der Waals surface area contributed by atoms with E-state index in [0.29, 0.717) is 12.3 Å². The van der Waals surface area contributed by atoms with E-state index in [4.69, 9.17) is 17.4 Å². The number of benzene rings is 1. The van der Waals surface area contributed by atoms with Crippen molar-refractivity contribution >= 4 is 11.6 Å². The fourth-order valence-corrected chi connectivity index (χ4v) is 2.12. The smallest absolute Gasteiger partial charge is 0.142 e. The Morgan fingerprint density at radius 1 is 1.47 bits per heavy atom. The Morgan fingerprint density at radius 2 is 2.18 bits per heavy atom. The van der Waals surface area contributed by atoms with E-state index in [1.54, 1.807) is 6.07 Å². The normalized spacial score (nSPS) is 14.6. The Balaban J connectivity index is 2.70. The third kappa shape index (κ3) is 4.26. The maximum atomic E-state index is 13.3. The highest BCUT2D eigenvalue weighted by atomic mass is 35.5. The maximum Gasteiger partial charge on any atom is 0.142 e. The van der Waals surface area contributed by atoms with Crippen molar-refractivity contribution in [3.63, 3.8) is 0 Å². The molecule has 0 aromatic heterocycles. The van der Waals surface area contributed by atoms with Gasteiger partial charge in [-0.2, -0.15) is 0 Å². The lowest BCUT2D eigenvalue weighted by molar-refractivity contribution is 0.356. The first-order chi connectivity index (χ1) is 8.08. The largest absolute Gasteiger partial charge is 0.271 e. The second-order valence-corrected chi connectivity index (χ2v) is 4.90. The van der Waals surface area contributed by atoms with Crippen LogP contribution < -0.4 is 11.3 Å². The predicted molar refractivity (Wildman–Crippen MR) is 70.3 cm³/mol. The summed E-state index contributed by atoms with van der Waals surface area (Å²) in [4.78, 5) is 0. The van der Waals surface area contributed by atoms with Crippen molar-refractivity contribution in [2.75, 3.05) is 0 Å². The van der Waals surface area contributed by atoms with E-state index in [1.165, 1.54) is 6.07 Å². The summed E-state index contributed by atoms with van der Waals surface area (Å²) in [6.07, 6.45) is 2.94. The molecule has 0 heterocycles. The molecule has 0 radical (unpaired) electrons. The zero-order valence-corrected chi connectivity index (χ0v) is 11.1. The van der Waals surface area contributed by atoms with Crippen molar-refractivity contribution in [1.82, 2.24) is 5.43 Å². The van der Waals surface area contributed by atoms with Gasteiger partial charge in [-0.05, 0) is 36.5 Å². The summed E-state index contributed by atoms with van der Waals surface area (Å²) in [5.74, 6) is 5.64. The number of nitrogens with one attached hydrogen (secondary N) is 1. The van der Waals surface area contributed by atoms with Crippen LogP contribution in [0, 0.1) is 11.7 Å². The van der Waals surface area contributed by atoms with E-state index >= 15 is 0 Å². The second kappa shape index (κ2) is 6.94. The molecule has 1 rings (SSSR count). The topological polar surface area (TPSA) is 38.0 Å². The summed E-state index contributed by atoms with van der Waals surface area (Å²) < 4.78 is 13.3. The Hall–Kier alpha value is -0.640. The van der Waals surface area contributed by atoms with Crippen molar-refractivity contribution in [1.29, 1.82) is 0 Å². The van der Waals surface area contributed by atoms with Gasteiger partial charge in [0, 0.05) is 6.04 Å². The third-order valence-corrected chi connectivity index (χ3v) is 3.39. The molecule has 1 aromatic carbocycles. The maximum absolute atomic E-state index is 13.3. The van der Waals surface area contributed by atoms with Crippen molar-refractivity contribution in [3.8, 4) is 0 Å². The van der Waals surface area contributed by atoms with Crippen LogP contribution in [0.3, 0.4) is 0 Å². The van der Waals surface area contributed by atoms with E-state index in [-0.39, 0.29) is 16.9 Å². The van der Waals surface area contributed by atoms with Crippen LogP contribution in [0.2, 0.25) is 5.02 Å². The third-order valence-electron chi connectivity index (χ3n) is 3.08. The minimum absolute atomic E-state index is 0.160. The van der Waals surface area contributed by atoms with Gasteiger partial charge in [-0.3, -0.25) is 11.3 Å². The molecule has 0 bridgehead atoms. The van der Waals surface area contributed by atoms with E-state index in [9.17, 15) is 4.39 Å². The van der Waals surface area contributed by atoms with E-state index in [0.717, 1.165) is 18.4 Å². The minimum Gasteiger partial charge on any atom is -0.271 e. The first-order valence-corrected chi connectivity index (χ1v) is 6.36. The molecule has 2 nitrogen and oxygen atoms in total. The zero-order valence-electron chi connectivity index (χ0n) is 10.3. The van der Waals surface area contributed by atoms with Gasteiger partial charge in [0.1, 0.15) is 5.82 Å². The molecular weight excluding hydrogens is 239 g/mol. The van der Waals surface area contributed by atoms with Crippen LogP contribution in [-0.2, 0) is 6.42 Å². The number of rotatable bonds is 6. The number of halogens is 2. The second-order valence-electron chi connectivity index (χ2n) is 4.49. The monoisotopic (exact) mass is 258 g/mol. The molecule has 0 aliphatic carbocycles. The van der Waals surface area contributed by atoms with Crippen LogP contribution in [0.5, 0.6) is 0 Å². The van der Waals surface area contributed by atoms with E-state index < -0.39 is 0 Å². The average Bonchev–Trinajstić information content (AvgIpc) is 2.30. The average molecular weight is 259 g/mol. The molecule has 0 amide bonds. The fourth-order valence-electron chi connectivity index (χ4n) is 2.00. The summed E-state index contributed by atoms with van der Waals surface area (Å²) in [5.41, 5.74) is 3.73. The Morgan fingerprint density at radius 3 is 2.71 bits per heavy atom.